The number of primary amides is 1. The van der Waals surface area contributed by atoms with Crippen LogP contribution in [0.2, 0.25) is 0 Å². The van der Waals surface area contributed by atoms with Gasteiger partial charge >= 0.3 is 5.97 Å². The summed E-state index contributed by atoms with van der Waals surface area (Å²) in [5, 5.41) is 17.5. The Balaban J connectivity index is 1.90. The smallest absolute Gasteiger partial charge is 0.303 e. The standard InChI is InChI=1S/C19H22N4O6/c20-16(24)11-21-19(28)14(7-9-18(26)27)22-17(25)8-6-13-10-15(29-23-13)12-4-2-1-3-5-12/h1-5,10,14H,6-9,11H2,(H2,20,24)(H,21,28)(H,22,25)(H,26,27)/t14-/m0/s1. The molecule has 2 aromatic rings. The lowest BCUT2D eigenvalue weighted by atomic mass is 10.1. The van der Waals surface area contributed by atoms with Gasteiger partial charge in [-0.05, 0) is 6.42 Å². The molecule has 0 aliphatic carbocycles. The molecule has 0 unspecified atom stereocenters. The maximum Gasteiger partial charge on any atom is 0.303 e. The highest BCUT2D eigenvalue weighted by atomic mass is 16.5. The minimum atomic E-state index is -1.11. The van der Waals surface area contributed by atoms with E-state index in [2.05, 4.69) is 15.8 Å². The van der Waals surface area contributed by atoms with Crippen LogP contribution in [0.25, 0.3) is 11.3 Å². The van der Waals surface area contributed by atoms with Gasteiger partial charge in [-0.25, -0.2) is 0 Å². The monoisotopic (exact) mass is 402 g/mol. The van der Waals surface area contributed by atoms with Crippen LogP contribution < -0.4 is 16.4 Å². The topological polar surface area (TPSA) is 165 Å². The minimum Gasteiger partial charge on any atom is -0.481 e. The van der Waals surface area contributed by atoms with Crippen molar-refractivity contribution in [1.29, 1.82) is 0 Å². The molecule has 0 saturated carbocycles. The number of hydrogen-bond acceptors (Lipinski definition) is 6. The van der Waals surface area contributed by atoms with Crippen molar-refractivity contribution in [2.45, 2.75) is 31.7 Å². The number of nitrogens with two attached hydrogens (primary N) is 1. The van der Waals surface area contributed by atoms with Gasteiger partial charge < -0.3 is 26.0 Å². The Morgan fingerprint density at radius 3 is 2.52 bits per heavy atom. The second kappa shape index (κ2) is 10.6. The number of amides is 3. The van der Waals surface area contributed by atoms with E-state index in [9.17, 15) is 19.2 Å². The molecule has 0 saturated heterocycles. The van der Waals surface area contributed by atoms with Gasteiger partial charge in [0.2, 0.25) is 17.7 Å². The van der Waals surface area contributed by atoms with Crippen LogP contribution in [-0.2, 0) is 25.6 Å². The summed E-state index contributed by atoms with van der Waals surface area (Å²) in [5.41, 5.74) is 6.40. The molecular weight excluding hydrogens is 380 g/mol. The van der Waals surface area contributed by atoms with Crippen LogP contribution in [-0.4, -0.2) is 46.5 Å². The molecule has 0 bridgehead atoms. The van der Waals surface area contributed by atoms with Crippen molar-refractivity contribution < 1.29 is 28.8 Å². The lowest BCUT2D eigenvalue weighted by Gasteiger charge is -2.17. The van der Waals surface area contributed by atoms with E-state index >= 15 is 0 Å². The molecule has 1 aromatic heterocycles. The van der Waals surface area contributed by atoms with E-state index in [4.69, 9.17) is 15.4 Å². The van der Waals surface area contributed by atoms with Crippen molar-refractivity contribution in [3.05, 3.63) is 42.1 Å². The number of nitrogens with zero attached hydrogens (tertiary/aromatic N) is 1. The maximum absolute atomic E-state index is 12.2. The molecule has 10 heteroatoms. The fraction of sp³-hybridized carbons (Fsp3) is 0.316. The van der Waals surface area contributed by atoms with Crippen molar-refractivity contribution in [3.63, 3.8) is 0 Å². The van der Waals surface area contributed by atoms with E-state index in [1.807, 2.05) is 30.3 Å². The zero-order valence-electron chi connectivity index (χ0n) is 15.6. The first kappa shape index (κ1) is 21.6. The van der Waals surface area contributed by atoms with Crippen LogP contribution in [0.5, 0.6) is 0 Å². The highest BCUT2D eigenvalue weighted by Crippen LogP contribution is 2.20. The van der Waals surface area contributed by atoms with Gasteiger partial charge in [-0.15, -0.1) is 0 Å². The van der Waals surface area contributed by atoms with Crippen LogP contribution in [0.4, 0.5) is 0 Å². The average Bonchev–Trinajstić information content (AvgIpc) is 3.17. The second-order valence-corrected chi connectivity index (χ2v) is 6.29. The number of benzene rings is 1. The van der Waals surface area contributed by atoms with Crippen LogP contribution in [0.15, 0.2) is 40.9 Å². The van der Waals surface area contributed by atoms with Crippen LogP contribution in [0.1, 0.15) is 25.0 Å². The molecule has 1 aromatic carbocycles. The number of aryl methyl sites for hydroxylation is 1. The third kappa shape index (κ3) is 7.45. The molecule has 0 radical (unpaired) electrons. The summed E-state index contributed by atoms with van der Waals surface area (Å²) >= 11 is 0. The summed E-state index contributed by atoms with van der Waals surface area (Å²) < 4.78 is 5.27. The van der Waals surface area contributed by atoms with E-state index in [0.29, 0.717) is 11.5 Å². The van der Waals surface area contributed by atoms with Gasteiger partial charge in [0.1, 0.15) is 6.04 Å². The molecule has 2 rings (SSSR count). The highest BCUT2D eigenvalue weighted by molar-refractivity contribution is 5.90. The summed E-state index contributed by atoms with van der Waals surface area (Å²) in [6.07, 6.45) is -0.142. The number of aromatic nitrogens is 1. The van der Waals surface area contributed by atoms with Crippen molar-refractivity contribution in [2.24, 2.45) is 5.73 Å². The molecule has 5 N–H and O–H groups in total. The van der Waals surface area contributed by atoms with E-state index in [1.54, 1.807) is 6.07 Å². The van der Waals surface area contributed by atoms with Gasteiger partial charge in [-0.2, -0.15) is 0 Å². The quantitative estimate of drug-likeness (QED) is 0.417. The normalized spacial score (nSPS) is 11.4. The van der Waals surface area contributed by atoms with E-state index in [1.165, 1.54) is 0 Å². The Kier molecular flexibility index (Phi) is 7.89. The van der Waals surface area contributed by atoms with Crippen molar-refractivity contribution in [3.8, 4) is 11.3 Å². The van der Waals surface area contributed by atoms with E-state index in [0.717, 1.165) is 5.56 Å². The third-order valence-electron chi connectivity index (χ3n) is 3.96. The van der Waals surface area contributed by atoms with Crippen LogP contribution in [0.3, 0.4) is 0 Å². The zero-order valence-corrected chi connectivity index (χ0v) is 15.6. The summed E-state index contributed by atoms with van der Waals surface area (Å²) in [6.45, 7) is -0.403. The van der Waals surface area contributed by atoms with Gasteiger partial charge in [0, 0.05) is 30.9 Å². The molecular formula is C19H22N4O6. The Bertz CT molecular complexity index is 865. The van der Waals surface area contributed by atoms with Gasteiger partial charge in [0.15, 0.2) is 5.76 Å². The van der Waals surface area contributed by atoms with Crippen molar-refractivity contribution >= 4 is 23.7 Å². The Morgan fingerprint density at radius 1 is 1.14 bits per heavy atom. The zero-order chi connectivity index (χ0) is 21.2. The number of carbonyl (C=O) groups excluding carboxylic acids is 3. The first-order valence-electron chi connectivity index (χ1n) is 8.93. The van der Waals surface area contributed by atoms with Crippen LogP contribution >= 0.6 is 0 Å². The maximum atomic E-state index is 12.2. The first-order valence-corrected chi connectivity index (χ1v) is 8.93. The average molecular weight is 402 g/mol. The van der Waals surface area contributed by atoms with E-state index < -0.39 is 36.3 Å². The van der Waals surface area contributed by atoms with Crippen LogP contribution in [0, 0.1) is 0 Å². The van der Waals surface area contributed by atoms with Gasteiger partial charge in [0.05, 0.1) is 12.2 Å². The van der Waals surface area contributed by atoms with Crippen molar-refractivity contribution in [2.75, 3.05) is 6.54 Å². The molecule has 0 aliphatic rings. The summed E-state index contributed by atoms with van der Waals surface area (Å²) in [6, 6.07) is 9.99. The molecule has 1 atom stereocenters. The molecule has 154 valence electrons. The number of nitrogens with one attached hydrogen (secondary N) is 2. The summed E-state index contributed by atoms with van der Waals surface area (Å²) in [4.78, 5) is 45.8. The van der Waals surface area contributed by atoms with Crippen molar-refractivity contribution in [1.82, 2.24) is 15.8 Å². The Morgan fingerprint density at radius 2 is 1.86 bits per heavy atom. The fourth-order valence-electron chi connectivity index (χ4n) is 2.51. The SMILES string of the molecule is NC(=O)CNC(=O)[C@H](CCC(=O)O)NC(=O)CCc1cc(-c2ccccc2)on1. The molecule has 10 nitrogen and oxygen atoms in total. The fourth-order valence-corrected chi connectivity index (χ4v) is 2.51. The van der Waals surface area contributed by atoms with E-state index in [-0.39, 0.29) is 25.7 Å². The van der Waals surface area contributed by atoms with Gasteiger partial charge in [0.25, 0.3) is 0 Å². The minimum absolute atomic E-state index is 0.0213. The number of aliphatic carboxylic acids is 1. The number of carbonyl (C=O) groups is 4. The first-order chi connectivity index (χ1) is 13.8. The number of rotatable bonds is 11. The number of carboxylic acids is 1. The second-order valence-electron chi connectivity index (χ2n) is 6.29. The molecule has 1 heterocycles. The molecule has 0 spiro atoms. The largest absolute Gasteiger partial charge is 0.481 e. The Hall–Kier alpha value is -3.69. The lowest BCUT2D eigenvalue weighted by Crippen LogP contribution is -2.48. The lowest BCUT2D eigenvalue weighted by molar-refractivity contribution is -0.138. The predicted octanol–water partition coefficient (Wildman–Crippen LogP) is 0.225. The summed E-state index contributed by atoms with van der Waals surface area (Å²) in [7, 11) is 0. The molecule has 0 aliphatic heterocycles. The summed E-state index contributed by atoms with van der Waals surface area (Å²) in [5.74, 6) is -2.42. The molecule has 3 amide bonds. The highest BCUT2D eigenvalue weighted by Gasteiger charge is 2.22. The molecule has 29 heavy (non-hydrogen) atoms. The molecule has 0 fully saturated rings. The van der Waals surface area contributed by atoms with Gasteiger partial charge in [-0.3, -0.25) is 19.2 Å². The number of carboxylic acid groups (broad SMARTS) is 1. The Labute approximate surface area is 166 Å². The predicted molar refractivity (Wildman–Crippen MR) is 101 cm³/mol. The van der Waals surface area contributed by atoms with Gasteiger partial charge in [-0.1, -0.05) is 35.5 Å². The third-order valence-corrected chi connectivity index (χ3v) is 3.96. The number of hydrogen-bond donors (Lipinski definition) is 4.